The van der Waals surface area contributed by atoms with Gasteiger partial charge in [-0.15, -0.1) is 0 Å². The molecule has 4 N–H and O–H groups in total. The number of carbonyl (C=O) groups is 2. The maximum absolute atomic E-state index is 12.4. The summed E-state index contributed by atoms with van der Waals surface area (Å²) in [6.07, 6.45) is 6.23. The molecule has 3 saturated heterocycles. The molecule has 0 aromatic heterocycles. The molecule has 38 heavy (non-hydrogen) atoms. The molecule has 0 aliphatic carbocycles. The summed E-state index contributed by atoms with van der Waals surface area (Å²) in [6, 6.07) is -0.137. The van der Waals surface area contributed by atoms with E-state index in [-0.39, 0.29) is 49.1 Å². The van der Waals surface area contributed by atoms with E-state index in [9.17, 15) is 24.9 Å². The Hall–Kier alpha value is -2.08. The van der Waals surface area contributed by atoms with E-state index in [1.165, 1.54) is 13.0 Å². The van der Waals surface area contributed by atoms with Gasteiger partial charge < -0.3 is 39.6 Å². The largest absolute Gasteiger partial charge is 0.458 e. The van der Waals surface area contributed by atoms with Crippen LogP contribution in [0.1, 0.15) is 60.8 Å². The second-order valence-corrected chi connectivity index (χ2v) is 10.9. The minimum absolute atomic E-state index is 0.0268. The maximum Gasteiger partial charge on any atom is 0.306 e. The standard InChI is InChI=1S/C28H43NO9/c1-7-24(31)36-18(4)10-13-23(30)29-20-14-17(3)21(37-19(20)5)11-8-16(2)9-12-22-25(32)28(15-35-28)26(33)27(6,34)38-22/h8-10,12-13,17-22,25-26,32-34H,7,11,14-15H2,1-6H3,(H,29,30). The number of aliphatic hydroxyl groups is 3. The molecule has 1 amide bonds. The second kappa shape index (κ2) is 12.4. The fourth-order valence-corrected chi connectivity index (χ4v) is 4.97. The van der Waals surface area contributed by atoms with Gasteiger partial charge in [0.2, 0.25) is 5.91 Å². The van der Waals surface area contributed by atoms with Crippen LogP contribution in [-0.2, 0) is 28.5 Å². The molecule has 3 fully saturated rings. The van der Waals surface area contributed by atoms with Crippen molar-refractivity contribution in [1.82, 2.24) is 5.32 Å². The number of nitrogens with one attached hydrogen (secondary N) is 1. The zero-order chi connectivity index (χ0) is 28.3. The van der Waals surface area contributed by atoms with Gasteiger partial charge in [-0.25, -0.2) is 0 Å². The van der Waals surface area contributed by atoms with Crippen molar-refractivity contribution >= 4 is 11.9 Å². The number of ether oxygens (including phenoxy) is 4. The van der Waals surface area contributed by atoms with E-state index in [4.69, 9.17) is 18.9 Å². The first-order chi connectivity index (χ1) is 17.8. The monoisotopic (exact) mass is 537 g/mol. The number of epoxide rings is 1. The first-order valence-electron chi connectivity index (χ1n) is 13.4. The normalized spacial score (nSPS) is 40.4. The molecule has 10 nitrogen and oxygen atoms in total. The predicted molar refractivity (Wildman–Crippen MR) is 139 cm³/mol. The lowest BCUT2D eigenvalue weighted by Gasteiger charge is -2.44. The summed E-state index contributed by atoms with van der Waals surface area (Å²) in [7, 11) is 0. The van der Waals surface area contributed by atoms with Gasteiger partial charge in [-0.3, -0.25) is 9.59 Å². The summed E-state index contributed by atoms with van der Waals surface area (Å²) in [5.74, 6) is -2.20. The summed E-state index contributed by atoms with van der Waals surface area (Å²) in [6.45, 7) is 10.9. The topological polar surface area (TPSA) is 147 Å². The van der Waals surface area contributed by atoms with Gasteiger partial charge in [-0.1, -0.05) is 37.6 Å². The van der Waals surface area contributed by atoms with E-state index in [1.54, 1.807) is 26.0 Å². The second-order valence-electron chi connectivity index (χ2n) is 10.9. The summed E-state index contributed by atoms with van der Waals surface area (Å²) >= 11 is 0. The third-order valence-electron chi connectivity index (χ3n) is 7.52. The zero-order valence-corrected chi connectivity index (χ0v) is 23.1. The fraction of sp³-hybridized carbons (Fsp3) is 0.714. The molecule has 0 radical (unpaired) electrons. The Labute approximate surface area is 224 Å². The van der Waals surface area contributed by atoms with E-state index in [0.717, 1.165) is 12.0 Å². The van der Waals surface area contributed by atoms with Crippen molar-refractivity contribution in [2.24, 2.45) is 5.92 Å². The average molecular weight is 538 g/mol. The number of aliphatic hydroxyl groups excluding tert-OH is 2. The first-order valence-corrected chi connectivity index (χ1v) is 13.4. The lowest BCUT2D eigenvalue weighted by molar-refractivity contribution is -0.321. The Morgan fingerprint density at radius 2 is 1.92 bits per heavy atom. The summed E-state index contributed by atoms with van der Waals surface area (Å²) in [4.78, 5) is 23.7. The van der Waals surface area contributed by atoms with Crippen molar-refractivity contribution < 1.29 is 43.9 Å². The van der Waals surface area contributed by atoms with Gasteiger partial charge in [0.1, 0.15) is 24.4 Å². The van der Waals surface area contributed by atoms with Crippen LogP contribution in [0, 0.1) is 5.92 Å². The lowest BCUT2D eigenvalue weighted by atomic mass is 9.84. The van der Waals surface area contributed by atoms with Crippen molar-refractivity contribution in [2.75, 3.05) is 6.61 Å². The highest BCUT2D eigenvalue weighted by atomic mass is 16.7. The molecule has 0 bridgehead atoms. The van der Waals surface area contributed by atoms with Gasteiger partial charge in [0.05, 0.1) is 24.9 Å². The Kier molecular flexibility index (Phi) is 9.94. The predicted octanol–water partition coefficient (Wildman–Crippen LogP) is 1.67. The molecule has 10 atom stereocenters. The summed E-state index contributed by atoms with van der Waals surface area (Å²) in [5, 5.41) is 34.2. The minimum Gasteiger partial charge on any atom is -0.458 e. The number of esters is 1. The van der Waals surface area contributed by atoms with Crippen LogP contribution in [0.25, 0.3) is 0 Å². The quantitative estimate of drug-likeness (QED) is 0.149. The highest BCUT2D eigenvalue weighted by Crippen LogP contribution is 2.45. The molecule has 10 unspecified atom stereocenters. The van der Waals surface area contributed by atoms with Crippen molar-refractivity contribution in [3.8, 4) is 0 Å². The van der Waals surface area contributed by atoms with Crippen LogP contribution in [0.4, 0.5) is 0 Å². The number of amides is 1. The van der Waals surface area contributed by atoms with Gasteiger partial charge in [0, 0.05) is 12.5 Å². The van der Waals surface area contributed by atoms with Crippen molar-refractivity contribution in [1.29, 1.82) is 0 Å². The minimum atomic E-state index is -1.83. The lowest BCUT2D eigenvalue weighted by Crippen LogP contribution is -2.65. The van der Waals surface area contributed by atoms with Crippen LogP contribution >= 0.6 is 0 Å². The van der Waals surface area contributed by atoms with Gasteiger partial charge in [0.25, 0.3) is 0 Å². The molecule has 3 rings (SSSR count). The molecule has 0 saturated carbocycles. The first kappa shape index (κ1) is 30.5. The van der Waals surface area contributed by atoms with E-state index >= 15 is 0 Å². The highest BCUT2D eigenvalue weighted by molar-refractivity contribution is 5.87. The van der Waals surface area contributed by atoms with Gasteiger partial charge in [0.15, 0.2) is 11.4 Å². The van der Waals surface area contributed by atoms with E-state index in [0.29, 0.717) is 6.42 Å². The maximum atomic E-state index is 12.4. The Bertz CT molecular complexity index is 939. The molecule has 3 heterocycles. The van der Waals surface area contributed by atoms with E-state index < -0.39 is 35.8 Å². The zero-order valence-electron chi connectivity index (χ0n) is 23.1. The number of hydrogen-bond donors (Lipinski definition) is 4. The molecule has 10 heteroatoms. The van der Waals surface area contributed by atoms with Gasteiger partial charge >= 0.3 is 5.97 Å². The van der Waals surface area contributed by atoms with Gasteiger partial charge in [-0.05, 0) is 52.5 Å². The average Bonchev–Trinajstić information content (AvgIpc) is 3.66. The number of rotatable bonds is 9. The molecular weight excluding hydrogens is 494 g/mol. The smallest absolute Gasteiger partial charge is 0.306 e. The molecular formula is C28H43NO9. The Morgan fingerprint density at radius 1 is 1.24 bits per heavy atom. The molecule has 0 aromatic rings. The summed E-state index contributed by atoms with van der Waals surface area (Å²) < 4.78 is 22.2. The highest BCUT2D eigenvalue weighted by Gasteiger charge is 2.68. The molecule has 0 aromatic carbocycles. The Morgan fingerprint density at radius 3 is 2.55 bits per heavy atom. The van der Waals surface area contributed by atoms with Crippen molar-refractivity contribution in [2.45, 2.75) is 115 Å². The van der Waals surface area contributed by atoms with Crippen LogP contribution < -0.4 is 5.32 Å². The number of carbonyl (C=O) groups excluding carboxylic acids is 2. The fourth-order valence-electron chi connectivity index (χ4n) is 4.97. The van der Waals surface area contributed by atoms with E-state index in [1.807, 2.05) is 26.0 Å². The molecule has 214 valence electrons. The molecule has 1 spiro atoms. The van der Waals surface area contributed by atoms with Crippen LogP contribution in [0.5, 0.6) is 0 Å². The number of hydrogen-bond acceptors (Lipinski definition) is 9. The van der Waals surface area contributed by atoms with E-state index in [2.05, 4.69) is 12.2 Å². The molecule has 3 aliphatic heterocycles. The van der Waals surface area contributed by atoms with Crippen molar-refractivity contribution in [3.63, 3.8) is 0 Å². The third kappa shape index (κ3) is 7.31. The van der Waals surface area contributed by atoms with Gasteiger partial charge in [-0.2, -0.15) is 0 Å². The van der Waals surface area contributed by atoms with Crippen LogP contribution in [-0.4, -0.2) is 87.9 Å². The molecule has 3 aliphatic rings. The van der Waals surface area contributed by atoms with Crippen LogP contribution in [0.15, 0.2) is 36.0 Å². The van der Waals surface area contributed by atoms with Crippen LogP contribution in [0.3, 0.4) is 0 Å². The Balaban J connectivity index is 1.49. The summed E-state index contributed by atoms with van der Waals surface area (Å²) in [5.41, 5.74) is -0.267. The third-order valence-corrected chi connectivity index (χ3v) is 7.52. The number of allylic oxidation sites excluding steroid dienone is 2. The van der Waals surface area contributed by atoms with Crippen LogP contribution in [0.2, 0.25) is 0 Å². The van der Waals surface area contributed by atoms with Crippen molar-refractivity contribution in [3.05, 3.63) is 36.0 Å². The SMILES string of the molecule is CCC(=O)OC(C)C=CC(=O)NC1CC(C)C(CC=C(C)C=CC2OC(C)(O)C(O)C3(CO3)C2O)OC1C.